The Morgan fingerprint density at radius 2 is 1.94 bits per heavy atom. The van der Waals surface area contributed by atoms with Gasteiger partial charge in [-0.3, -0.25) is 15.1 Å². The normalized spacial score (nSPS) is 11.3. The van der Waals surface area contributed by atoms with Crippen LogP contribution < -0.4 is 5.32 Å². The predicted molar refractivity (Wildman–Crippen MR) is 131 cm³/mol. The number of pyridine rings is 2. The first-order valence-electron chi connectivity index (χ1n) is 11.0. The maximum atomic E-state index is 4.75. The Bertz CT molecular complexity index is 1580. The summed E-state index contributed by atoms with van der Waals surface area (Å²) in [6, 6.07) is 14.1. The summed E-state index contributed by atoms with van der Waals surface area (Å²) >= 11 is 0. The minimum atomic E-state index is 0.560. The van der Waals surface area contributed by atoms with Gasteiger partial charge in [0.15, 0.2) is 17.3 Å². The van der Waals surface area contributed by atoms with E-state index in [9.17, 15) is 0 Å². The van der Waals surface area contributed by atoms with E-state index in [1.54, 1.807) is 18.7 Å². The van der Waals surface area contributed by atoms with Gasteiger partial charge < -0.3 is 9.88 Å². The number of anilines is 1. The maximum Gasteiger partial charge on any atom is 0.166 e. The van der Waals surface area contributed by atoms with Crippen LogP contribution in [0.15, 0.2) is 73.6 Å². The number of aromatic amines is 1. The van der Waals surface area contributed by atoms with Gasteiger partial charge in [-0.15, -0.1) is 0 Å². The molecule has 34 heavy (non-hydrogen) atoms. The number of hydrogen-bond donors (Lipinski definition) is 2. The molecular weight excluding hydrogens is 426 g/mol. The van der Waals surface area contributed by atoms with Gasteiger partial charge in [0.2, 0.25) is 0 Å². The lowest BCUT2D eigenvalue weighted by Gasteiger charge is -2.10. The lowest BCUT2D eigenvalue weighted by molar-refractivity contribution is 0.777. The Balaban J connectivity index is 1.28. The molecule has 6 aromatic rings. The fourth-order valence-corrected chi connectivity index (χ4v) is 3.91. The van der Waals surface area contributed by atoms with Gasteiger partial charge >= 0.3 is 0 Å². The highest BCUT2D eigenvalue weighted by molar-refractivity contribution is 5.85. The zero-order valence-electron chi connectivity index (χ0n) is 18.5. The molecule has 166 valence electrons. The molecule has 9 heteroatoms. The number of nitrogens with one attached hydrogen (secondary N) is 2. The first-order valence-corrected chi connectivity index (χ1v) is 11.0. The SMILES string of the molecule is CCn1cnc2c(NCc3ccc(-c4ccc5cn[nH]c5c4)nc3)nc(-c3cccnc3)nc21. The summed E-state index contributed by atoms with van der Waals surface area (Å²) in [5.41, 5.74) is 6.37. The van der Waals surface area contributed by atoms with Crippen LogP contribution in [-0.2, 0) is 13.1 Å². The van der Waals surface area contributed by atoms with Gasteiger partial charge in [-0.1, -0.05) is 18.2 Å². The topological polar surface area (TPSA) is 110 Å². The average Bonchev–Trinajstić information content (AvgIpc) is 3.54. The third-order valence-electron chi connectivity index (χ3n) is 5.75. The molecule has 0 saturated heterocycles. The van der Waals surface area contributed by atoms with Gasteiger partial charge in [-0.2, -0.15) is 5.10 Å². The molecule has 5 heterocycles. The molecule has 0 aliphatic rings. The van der Waals surface area contributed by atoms with Gasteiger partial charge in [-0.05, 0) is 36.8 Å². The standard InChI is InChI=1S/C25H21N9/c1-2-34-15-29-22-24(31-23(32-25(22)34)19-4-3-9-26-13-19)28-12-16-5-8-20(27-11-16)17-6-7-18-14-30-33-21(18)10-17/h3-11,13-15H,2,12H2,1H3,(H,30,33)(H,28,31,32). The van der Waals surface area contributed by atoms with E-state index in [-0.39, 0.29) is 0 Å². The van der Waals surface area contributed by atoms with E-state index in [4.69, 9.17) is 9.97 Å². The monoisotopic (exact) mass is 447 g/mol. The number of aryl methyl sites for hydroxylation is 1. The van der Waals surface area contributed by atoms with E-state index in [1.165, 1.54) is 0 Å². The van der Waals surface area contributed by atoms with Crippen molar-refractivity contribution in [3.05, 3.63) is 79.1 Å². The van der Waals surface area contributed by atoms with Crippen LogP contribution >= 0.6 is 0 Å². The van der Waals surface area contributed by atoms with Gasteiger partial charge in [-0.25, -0.2) is 15.0 Å². The second-order valence-electron chi connectivity index (χ2n) is 7.92. The third-order valence-corrected chi connectivity index (χ3v) is 5.75. The van der Waals surface area contributed by atoms with Crippen molar-refractivity contribution in [1.29, 1.82) is 0 Å². The van der Waals surface area contributed by atoms with E-state index >= 15 is 0 Å². The van der Waals surface area contributed by atoms with Crippen LogP contribution in [0.25, 0.3) is 44.7 Å². The molecule has 0 amide bonds. The van der Waals surface area contributed by atoms with Crippen LogP contribution in [0, 0.1) is 0 Å². The van der Waals surface area contributed by atoms with Crippen molar-refractivity contribution in [3.8, 4) is 22.6 Å². The lowest BCUT2D eigenvalue weighted by Crippen LogP contribution is -2.05. The van der Waals surface area contributed by atoms with Gasteiger partial charge in [0.05, 0.1) is 23.7 Å². The second-order valence-corrected chi connectivity index (χ2v) is 7.92. The average molecular weight is 448 g/mol. The van der Waals surface area contributed by atoms with Crippen molar-refractivity contribution in [2.75, 3.05) is 5.32 Å². The zero-order chi connectivity index (χ0) is 22.9. The van der Waals surface area contributed by atoms with Gasteiger partial charge in [0.1, 0.15) is 5.52 Å². The summed E-state index contributed by atoms with van der Waals surface area (Å²) in [4.78, 5) is 22.9. The molecule has 5 aromatic heterocycles. The predicted octanol–water partition coefficient (Wildman–Crippen LogP) is 4.46. The summed E-state index contributed by atoms with van der Waals surface area (Å²) in [6.07, 6.45) is 8.99. The molecule has 6 rings (SSSR count). The quantitative estimate of drug-likeness (QED) is 0.388. The van der Waals surface area contributed by atoms with Gasteiger partial charge in [0.25, 0.3) is 0 Å². The molecule has 0 aliphatic heterocycles. The number of rotatable bonds is 6. The molecule has 0 bridgehead atoms. The fourth-order valence-electron chi connectivity index (χ4n) is 3.91. The number of H-pyrrole nitrogens is 1. The van der Waals surface area contributed by atoms with Crippen molar-refractivity contribution in [3.63, 3.8) is 0 Å². The van der Waals surface area contributed by atoms with E-state index in [1.807, 2.05) is 41.2 Å². The Labute approximate surface area is 195 Å². The number of hydrogen-bond acceptors (Lipinski definition) is 7. The van der Waals surface area contributed by atoms with E-state index < -0.39 is 0 Å². The molecule has 2 N–H and O–H groups in total. The Morgan fingerprint density at radius 3 is 2.76 bits per heavy atom. The number of fused-ring (bicyclic) bond motifs is 2. The largest absolute Gasteiger partial charge is 0.364 e. The summed E-state index contributed by atoms with van der Waals surface area (Å²) in [5, 5.41) is 11.6. The van der Waals surface area contributed by atoms with Crippen molar-refractivity contribution in [1.82, 2.24) is 39.7 Å². The maximum absolute atomic E-state index is 4.75. The summed E-state index contributed by atoms with van der Waals surface area (Å²) in [7, 11) is 0. The van der Waals surface area contributed by atoms with E-state index in [0.717, 1.165) is 51.0 Å². The van der Waals surface area contributed by atoms with Gasteiger partial charge in [0, 0.05) is 48.2 Å². The first kappa shape index (κ1) is 20.0. The minimum Gasteiger partial charge on any atom is -0.364 e. The molecule has 0 spiro atoms. The Hall–Kier alpha value is -4.66. The van der Waals surface area contributed by atoms with Crippen molar-refractivity contribution >= 4 is 27.9 Å². The Kier molecular flexibility index (Phi) is 4.91. The molecule has 9 nitrogen and oxygen atoms in total. The smallest absolute Gasteiger partial charge is 0.166 e. The van der Waals surface area contributed by atoms with Crippen LogP contribution in [0.1, 0.15) is 12.5 Å². The van der Waals surface area contributed by atoms with Crippen molar-refractivity contribution < 1.29 is 0 Å². The summed E-state index contributed by atoms with van der Waals surface area (Å²) in [5.74, 6) is 1.30. The lowest BCUT2D eigenvalue weighted by atomic mass is 10.1. The highest BCUT2D eigenvalue weighted by atomic mass is 15.2. The number of benzene rings is 1. The molecule has 0 aliphatic carbocycles. The van der Waals surface area contributed by atoms with Crippen LogP contribution in [0.5, 0.6) is 0 Å². The number of aromatic nitrogens is 8. The minimum absolute atomic E-state index is 0.560. The third kappa shape index (κ3) is 3.62. The first-order chi connectivity index (χ1) is 16.8. The van der Waals surface area contributed by atoms with Crippen molar-refractivity contribution in [2.45, 2.75) is 20.0 Å². The zero-order valence-corrected chi connectivity index (χ0v) is 18.5. The summed E-state index contributed by atoms with van der Waals surface area (Å²) in [6.45, 7) is 3.40. The molecule has 0 fully saturated rings. The number of nitrogens with zero attached hydrogens (tertiary/aromatic N) is 7. The molecular formula is C25H21N9. The second kappa shape index (κ2) is 8.36. The van der Waals surface area contributed by atoms with E-state index in [2.05, 4.69) is 55.6 Å². The number of imidazole rings is 1. The molecule has 0 saturated carbocycles. The van der Waals surface area contributed by atoms with Crippen molar-refractivity contribution in [2.24, 2.45) is 0 Å². The van der Waals surface area contributed by atoms with E-state index in [0.29, 0.717) is 18.2 Å². The molecule has 0 atom stereocenters. The molecule has 1 aromatic carbocycles. The fraction of sp³-hybridized carbons (Fsp3) is 0.120. The summed E-state index contributed by atoms with van der Waals surface area (Å²) < 4.78 is 2.01. The van der Waals surface area contributed by atoms with Crippen LogP contribution in [0.2, 0.25) is 0 Å². The Morgan fingerprint density at radius 1 is 0.971 bits per heavy atom. The molecule has 0 unspecified atom stereocenters. The highest BCUT2D eigenvalue weighted by Crippen LogP contribution is 2.25. The van der Waals surface area contributed by atoms with Crippen LogP contribution in [-0.4, -0.2) is 39.7 Å². The van der Waals surface area contributed by atoms with Crippen LogP contribution in [0.4, 0.5) is 5.82 Å². The highest BCUT2D eigenvalue weighted by Gasteiger charge is 2.14. The van der Waals surface area contributed by atoms with Crippen LogP contribution in [0.3, 0.4) is 0 Å². The molecule has 0 radical (unpaired) electrons.